The Morgan fingerprint density at radius 3 is 2.88 bits per heavy atom. The van der Waals surface area contributed by atoms with Gasteiger partial charge >= 0.3 is 0 Å². The third-order valence-electron chi connectivity index (χ3n) is 6.52. The molecule has 9 heteroatoms. The van der Waals surface area contributed by atoms with Crippen LogP contribution in [0.1, 0.15) is 45.8 Å². The van der Waals surface area contributed by atoms with Gasteiger partial charge in [-0.1, -0.05) is 0 Å². The Bertz CT molecular complexity index is 1210. The zero-order valence-electron chi connectivity index (χ0n) is 19.0. The molecule has 2 aliphatic heterocycles. The monoisotopic (exact) mass is 449 g/mol. The number of aromatic amines is 1. The number of benzene rings is 1. The molecule has 33 heavy (non-hydrogen) atoms. The Hall–Kier alpha value is -3.62. The first-order valence-electron chi connectivity index (χ1n) is 11.2. The number of rotatable bonds is 4. The summed E-state index contributed by atoms with van der Waals surface area (Å²) in [4.78, 5) is 27.8. The van der Waals surface area contributed by atoms with E-state index < -0.39 is 0 Å². The molecule has 2 aromatic heterocycles. The van der Waals surface area contributed by atoms with Gasteiger partial charge in [-0.05, 0) is 44.0 Å². The molecule has 172 valence electrons. The minimum Gasteiger partial charge on any atom is -0.497 e. The van der Waals surface area contributed by atoms with Gasteiger partial charge in [0.05, 0.1) is 24.1 Å². The third kappa shape index (κ3) is 3.99. The predicted octanol–water partition coefficient (Wildman–Crippen LogP) is 3.01. The standard InChI is InChI=1S/C24H27N5O4/c1-14-18(13-28(2)27-14)19-10-20(26-25-19)24(31)29-8-4-5-15(12-29)23-11-21(30)17-9-16(32-3)6-7-22(17)33-23/h6-7,9-10,13,15,23H,4-5,8,11-12H2,1-3H3,(H,25,26)/t15-,23+/m1/s1. The lowest BCUT2D eigenvalue weighted by Gasteiger charge is -2.38. The first-order valence-corrected chi connectivity index (χ1v) is 11.2. The zero-order chi connectivity index (χ0) is 23.1. The molecule has 2 aliphatic rings. The van der Waals surface area contributed by atoms with Gasteiger partial charge in [0.1, 0.15) is 23.3 Å². The molecule has 1 N–H and O–H groups in total. The summed E-state index contributed by atoms with van der Waals surface area (Å²) in [5.74, 6) is 1.27. The molecule has 2 atom stereocenters. The molecule has 9 nitrogen and oxygen atoms in total. The summed E-state index contributed by atoms with van der Waals surface area (Å²) in [6.07, 6.45) is 3.73. The highest BCUT2D eigenvalue weighted by Gasteiger charge is 2.36. The summed E-state index contributed by atoms with van der Waals surface area (Å²) in [5.41, 5.74) is 3.47. The van der Waals surface area contributed by atoms with Gasteiger partial charge in [-0.25, -0.2) is 0 Å². The van der Waals surface area contributed by atoms with Gasteiger partial charge in [0, 0.05) is 44.2 Å². The van der Waals surface area contributed by atoms with Crippen LogP contribution in [0.4, 0.5) is 0 Å². The summed E-state index contributed by atoms with van der Waals surface area (Å²) >= 11 is 0. The zero-order valence-corrected chi connectivity index (χ0v) is 19.0. The second kappa shape index (κ2) is 8.38. The number of ketones is 1. The lowest BCUT2D eigenvalue weighted by molar-refractivity contribution is 0.0405. The molecule has 0 aliphatic carbocycles. The summed E-state index contributed by atoms with van der Waals surface area (Å²) in [6.45, 7) is 3.13. The molecular formula is C24H27N5O4. The number of carbonyl (C=O) groups excluding carboxylic acids is 2. The molecule has 0 unspecified atom stereocenters. The van der Waals surface area contributed by atoms with Crippen molar-refractivity contribution >= 4 is 11.7 Å². The summed E-state index contributed by atoms with van der Waals surface area (Å²) < 4.78 is 13.2. The van der Waals surface area contributed by atoms with Crippen molar-refractivity contribution in [2.75, 3.05) is 20.2 Å². The maximum Gasteiger partial charge on any atom is 0.271 e. The number of aryl methyl sites for hydroxylation is 2. The Kier molecular flexibility index (Phi) is 5.39. The first-order chi connectivity index (χ1) is 15.9. The average molecular weight is 450 g/mol. The lowest BCUT2D eigenvalue weighted by Crippen LogP contribution is -2.46. The van der Waals surface area contributed by atoms with Crippen LogP contribution in [0.2, 0.25) is 0 Å². The van der Waals surface area contributed by atoms with Crippen molar-refractivity contribution in [2.45, 2.75) is 32.3 Å². The first kappa shape index (κ1) is 21.2. The summed E-state index contributed by atoms with van der Waals surface area (Å²) in [5, 5.41) is 11.6. The number of fused-ring (bicyclic) bond motifs is 1. The van der Waals surface area contributed by atoms with Crippen molar-refractivity contribution < 1.29 is 19.1 Å². The van der Waals surface area contributed by atoms with Crippen molar-refractivity contribution in [1.82, 2.24) is 24.9 Å². The van der Waals surface area contributed by atoms with Crippen LogP contribution in [0.5, 0.6) is 11.5 Å². The van der Waals surface area contributed by atoms with E-state index in [0.717, 1.165) is 24.1 Å². The van der Waals surface area contributed by atoms with Crippen LogP contribution in [0.25, 0.3) is 11.3 Å². The van der Waals surface area contributed by atoms with E-state index >= 15 is 0 Å². The molecule has 4 heterocycles. The highest BCUT2D eigenvalue weighted by molar-refractivity contribution is 6.00. The van der Waals surface area contributed by atoms with Crippen molar-refractivity contribution in [3.05, 3.63) is 47.4 Å². The molecule has 0 spiro atoms. The van der Waals surface area contributed by atoms with E-state index in [2.05, 4.69) is 15.3 Å². The quantitative estimate of drug-likeness (QED) is 0.657. The van der Waals surface area contributed by atoms with E-state index in [0.29, 0.717) is 48.0 Å². The Balaban J connectivity index is 1.29. The smallest absolute Gasteiger partial charge is 0.271 e. The fraction of sp³-hybridized carbons (Fsp3) is 0.417. The van der Waals surface area contributed by atoms with Gasteiger partial charge in [0.2, 0.25) is 0 Å². The molecule has 5 rings (SSSR count). The number of nitrogens with zero attached hydrogens (tertiary/aromatic N) is 4. The van der Waals surface area contributed by atoms with Gasteiger partial charge in [0.15, 0.2) is 5.78 Å². The third-order valence-corrected chi connectivity index (χ3v) is 6.52. The number of aromatic nitrogens is 4. The highest BCUT2D eigenvalue weighted by Crippen LogP contribution is 2.35. The van der Waals surface area contributed by atoms with Crippen molar-refractivity contribution in [2.24, 2.45) is 13.0 Å². The highest BCUT2D eigenvalue weighted by atomic mass is 16.5. The van der Waals surface area contributed by atoms with Crippen LogP contribution in [0, 0.1) is 12.8 Å². The molecule has 1 amide bonds. The van der Waals surface area contributed by atoms with Crippen LogP contribution in [0.15, 0.2) is 30.5 Å². The normalized spacial score (nSPS) is 20.3. The minimum atomic E-state index is -0.246. The Morgan fingerprint density at radius 1 is 1.27 bits per heavy atom. The van der Waals surface area contributed by atoms with Crippen molar-refractivity contribution in [3.63, 3.8) is 0 Å². The Labute approximate surface area is 191 Å². The molecule has 1 saturated heterocycles. The second-order valence-electron chi connectivity index (χ2n) is 8.77. The number of carbonyl (C=O) groups is 2. The van der Waals surface area contributed by atoms with Crippen LogP contribution in [0.3, 0.4) is 0 Å². The topological polar surface area (TPSA) is 102 Å². The molecule has 0 bridgehead atoms. The second-order valence-corrected chi connectivity index (χ2v) is 8.77. The number of hydrogen-bond acceptors (Lipinski definition) is 6. The number of ether oxygens (including phenoxy) is 2. The predicted molar refractivity (Wildman–Crippen MR) is 121 cm³/mol. The minimum absolute atomic E-state index is 0.0497. The molecular weight excluding hydrogens is 422 g/mol. The van der Waals surface area contributed by atoms with Crippen LogP contribution in [-0.2, 0) is 7.05 Å². The van der Waals surface area contributed by atoms with Gasteiger partial charge in [-0.2, -0.15) is 10.2 Å². The van der Waals surface area contributed by atoms with Gasteiger partial charge in [0.25, 0.3) is 5.91 Å². The fourth-order valence-corrected chi connectivity index (χ4v) is 4.81. The van der Waals surface area contributed by atoms with Crippen LogP contribution in [-0.4, -0.2) is 62.9 Å². The number of amides is 1. The number of methoxy groups -OCH3 is 1. The number of hydrogen-bond donors (Lipinski definition) is 1. The SMILES string of the molecule is COc1ccc2c(c1)C(=O)C[C@@H]([C@@H]1CCCN(C(=O)c3cc(-c4cn(C)nc4C)n[nH]3)C1)O2. The van der Waals surface area contributed by atoms with E-state index in [1.54, 1.807) is 36.1 Å². The van der Waals surface area contributed by atoms with E-state index in [9.17, 15) is 9.59 Å². The van der Waals surface area contributed by atoms with Crippen molar-refractivity contribution in [3.8, 4) is 22.8 Å². The lowest BCUT2D eigenvalue weighted by atomic mass is 9.86. The van der Waals surface area contributed by atoms with E-state index in [4.69, 9.17) is 9.47 Å². The number of piperidine rings is 1. The van der Waals surface area contributed by atoms with Gasteiger partial charge in [-0.15, -0.1) is 0 Å². The van der Waals surface area contributed by atoms with Crippen LogP contribution < -0.4 is 9.47 Å². The maximum atomic E-state index is 13.2. The van der Waals surface area contributed by atoms with Crippen molar-refractivity contribution in [1.29, 1.82) is 0 Å². The summed E-state index contributed by atoms with van der Waals surface area (Å²) in [6, 6.07) is 7.09. The maximum absolute atomic E-state index is 13.2. The van der Waals surface area contributed by atoms with E-state index in [1.807, 2.05) is 25.1 Å². The van der Waals surface area contributed by atoms with Gasteiger partial charge in [-0.3, -0.25) is 19.4 Å². The molecule has 3 aromatic rings. The Morgan fingerprint density at radius 2 is 2.12 bits per heavy atom. The number of likely N-dealkylation sites (tertiary alicyclic amines) is 1. The van der Waals surface area contributed by atoms with E-state index in [1.165, 1.54) is 0 Å². The van der Waals surface area contributed by atoms with E-state index in [-0.39, 0.29) is 23.7 Å². The van der Waals surface area contributed by atoms with Gasteiger partial charge < -0.3 is 14.4 Å². The fourth-order valence-electron chi connectivity index (χ4n) is 4.81. The summed E-state index contributed by atoms with van der Waals surface area (Å²) in [7, 11) is 3.43. The number of H-pyrrole nitrogens is 1. The molecule has 0 radical (unpaired) electrons. The number of Topliss-reactive ketones (excluding diaryl/α,β-unsaturated/α-hetero) is 1. The molecule has 1 fully saturated rings. The largest absolute Gasteiger partial charge is 0.497 e. The molecule has 0 saturated carbocycles. The molecule has 1 aromatic carbocycles. The average Bonchev–Trinajstić information content (AvgIpc) is 3.44. The number of nitrogens with one attached hydrogen (secondary N) is 1. The van der Waals surface area contributed by atoms with Crippen LogP contribution >= 0.6 is 0 Å².